The molecule has 6 nitrogen and oxygen atoms in total. The van der Waals surface area contributed by atoms with E-state index in [0.717, 1.165) is 17.6 Å². The number of hydrogen-bond donors (Lipinski definition) is 2. The SMILES string of the molecule is C[NH+](C)CCCNC(=O)c1ccc(-n2ncc(Cl)c(Cl)c2=O)cc1. The number of halogens is 2. The second-order valence-corrected chi connectivity index (χ2v) is 6.42. The molecule has 0 fully saturated rings. The summed E-state index contributed by atoms with van der Waals surface area (Å²) in [6, 6.07) is 6.55. The molecule has 0 saturated carbocycles. The maximum absolute atomic E-state index is 12.1. The summed E-state index contributed by atoms with van der Waals surface area (Å²) in [7, 11) is 4.14. The second kappa shape index (κ2) is 8.28. The van der Waals surface area contributed by atoms with E-state index >= 15 is 0 Å². The zero-order valence-electron chi connectivity index (χ0n) is 13.5. The predicted molar refractivity (Wildman–Crippen MR) is 94.5 cm³/mol. The topological polar surface area (TPSA) is 68.4 Å². The van der Waals surface area contributed by atoms with Gasteiger partial charge in [-0.1, -0.05) is 23.2 Å². The first-order valence-electron chi connectivity index (χ1n) is 7.51. The molecule has 0 atom stereocenters. The van der Waals surface area contributed by atoms with Crippen LogP contribution in [0.15, 0.2) is 35.3 Å². The highest BCUT2D eigenvalue weighted by molar-refractivity contribution is 6.41. The molecule has 0 bridgehead atoms. The van der Waals surface area contributed by atoms with Crippen LogP contribution in [-0.4, -0.2) is 42.9 Å². The molecule has 128 valence electrons. The minimum atomic E-state index is -0.507. The Labute approximate surface area is 150 Å². The Balaban J connectivity index is 2.07. The molecule has 0 aliphatic heterocycles. The van der Waals surface area contributed by atoms with Gasteiger partial charge in [0.05, 0.1) is 37.5 Å². The number of nitrogens with one attached hydrogen (secondary N) is 2. The summed E-state index contributed by atoms with van der Waals surface area (Å²) in [5.74, 6) is -0.148. The number of benzene rings is 1. The molecular formula is C16H19Cl2N4O2+. The van der Waals surface area contributed by atoms with Crippen molar-refractivity contribution in [1.29, 1.82) is 0 Å². The lowest BCUT2D eigenvalue weighted by Crippen LogP contribution is -3.05. The molecule has 2 rings (SSSR count). The fourth-order valence-corrected chi connectivity index (χ4v) is 2.35. The predicted octanol–water partition coefficient (Wildman–Crippen LogP) is 0.804. The largest absolute Gasteiger partial charge is 0.352 e. The summed E-state index contributed by atoms with van der Waals surface area (Å²) in [4.78, 5) is 25.4. The molecular weight excluding hydrogens is 351 g/mol. The number of carbonyl (C=O) groups excluding carboxylic acids is 1. The first kappa shape index (κ1) is 18.4. The smallest absolute Gasteiger partial charge is 0.291 e. The van der Waals surface area contributed by atoms with E-state index in [1.165, 1.54) is 11.1 Å². The van der Waals surface area contributed by atoms with Gasteiger partial charge in [-0.15, -0.1) is 0 Å². The molecule has 0 radical (unpaired) electrons. The third kappa shape index (κ3) is 4.56. The zero-order chi connectivity index (χ0) is 17.7. The quantitative estimate of drug-likeness (QED) is 0.740. The highest BCUT2D eigenvalue weighted by Crippen LogP contribution is 2.16. The summed E-state index contributed by atoms with van der Waals surface area (Å²) >= 11 is 11.6. The molecule has 1 aromatic heterocycles. The van der Waals surface area contributed by atoms with Crippen LogP contribution in [0, 0.1) is 0 Å². The summed E-state index contributed by atoms with van der Waals surface area (Å²) in [6.07, 6.45) is 2.22. The lowest BCUT2D eigenvalue weighted by atomic mass is 10.2. The highest BCUT2D eigenvalue weighted by Gasteiger charge is 2.10. The average Bonchev–Trinajstić information content (AvgIpc) is 2.56. The number of quaternary nitrogens is 1. The lowest BCUT2D eigenvalue weighted by molar-refractivity contribution is -0.858. The van der Waals surface area contributed by atoms with Crippen molar-refractivity contribution in [3.05, 3.63) is 56.4 Å². The normalized spacial score (nSPS) is 10.9. The first-order chi connectivity index (χ1) is 11.4. The fourth-order valence-electron chi connectivity index (χ4n) is 2.10. The van der Waals surface area contributed by atoms with Crippen LogP contribution in [0.5, 0.6) is 0 Å². The van der Waals surface area contributed by atoms with Crippen molar-refractivity contribution in [2.75, 3.05) is 27.2 Å². The van der Waals surface area contributed by atoms with E-state index in [4.69, 9.17) is 23.2 Å². The average molecular weight is 370 g/mol. The summed E-state index contributed by atoms with van der Waals surface area (Å²) < 4.78 is 1.13. The number of rotatable bonds is 6. The second-order valence-electron chi connectivity index (χ2n) is 5.64. The third-order valence-electron chi connectivity index (χ3n) is 3.39. The number of amides is 1. The molecule has 0 saturated heterocycles. The van der Waals surface area contributed by atoms with Crippen LogP contribution in [-0.2, 0) is 0 Å². The van der Waals surface area contributed by atoms with Crippen LogP contribution in [0.1, 0.15) is 16.8 Å². The van der Waals surface area contributed by atoms with Crippen LogP contribution < -0.4 is 15.8 Å². The van der Waals surface area contributed by atoms with E-state index in [-0.39, 0.29) is 16.0 Å². The lowest BCUT2D eigenvalue weighted by Gasteiger charge is -2.09. The Hall–Kier alpha value is -1.89. The molecule has 1 aromatic carbocycles. The maximum Gasteiger partial charge on any atom is 0.291 e. The van der Waals surface area contributed by atoms with Crippen LogP contribution in [0.25, 0.3) is 5.69 Å². The molecule has 0 spiro atoms. The molecule has 1 amide bonds. The van der Waals surface area contributed by atoms with Gasteiger partial charge in [0.2, 0.25) is 0 Å². The van der Waals surface area contributed by atoms with Gasteiger partial charge in [-0.3, -0.25) is 9.59 Å². The van der Waals surface area contributed by atoms with Gasteiger partial charge in [0, 0.05) is 18.5 Å². The monoisotopic (exact) mass is 369 g/mol. The molecule has 0 aliphatic carbocycles. The Kier molecular flexibility index (Phi) is 6.36. The maximum atomic E-state index is 12.1. The van der Waals surface area contributed by atoms with E-state index in [9.17, 15) is 9.59 Å². The van der Waals surface area contributed by atoms with Crippen LogP contribution in [0.3, 0.4) is 0 Å². The molecule has 2 aromatic rings. The Morgan fingerprint density at radius 2 is 1.92 bits per heavy atom. The highest BCUT2D eigenvalue weighted by atomic mass is 35.5. The van der Waals surface area contributed by atoms with Crippen molar-refractivity contribution in [3.8, 4) is 5.69 Å². The minimum Gasteiger partial charge on any atom is -0.352 e. The number of hydrogen-bond acceptors (Lipinski definition) is 3. The van der Waals surface area contributed by atoms with Crippen LogP contribution in [0.2, 0.25) is 10.0 Å². The third-order valence-corrected chi connectivity index (χ3v) is 4.14. The van der Waals surface area contributed by atoms with E-state index < -0.39 is 5.56 Å². The molecule has 0 unspecified atom stereocenters. The summed E-state index contributed by atoms with van der Waals surface area (Å²) in [5, 5.41) is 6.83. The molecule has 2 N–H and O–H groups in total. The number of nitrogens with zero attached hydrogens (tertiary/aromatic N) is 2. The molecule has 8 heteroatoms. The molecule has 0 aliphatic rings. The van der Waals surface area contributed by atoms with Crippen LogP contribution >= 0.6 is 23.2 Å². The first-order valence-corrected chi connectivity index (χ1v) is 8.26. The van der Waals surface area contributed by atoms with E-state index in [1.807, 2.05) is 0 Å². The Morgan fingerprint density at radius 3 is 2.54 bits per heavy atom. The minimum absolute atomic E-state index is 0.0866. The van der Waals surface area contributed by atoms with Gasteiger partial charge in [-0.25, -0.2) is 0 Å². The standard InChI is InChI=1S/C16H18Cl2N4O2/c1-21(2)9-3-8-19-15(23)11-4-6-12(7-5-11)22-16(24)14(18)13(17)10-20-22/h4-7,10H,3,8-9H2,1-2H3,(H,19,23)/p+1. The van der Waals surface area contributed by atoms with Gasteiger partial charge in [-0.2, -0.15) is 9.78 Å². The fraction of sp³-hybridized carbons (Fsp3) is 0.312. The van der Waals surface area contributed by atoms with Gasteiger partial charge >= 0.3 is 0 Å². The number of aromatic nitrogens is 2. The van der Waals surface area contributed by atoms with Gasteiger partial charge in [0.15, 0.2) is 0 Å². The van der Waals surface area contributed by atoms with Crippen LogP contribution in [0.4, 0.5) is 0 Å². The number of carbonyl (C=O) groups is 1. The van der Waals surface area contributed by atoms with Crippen molar-refractivity contribution in [3.63, 3.8) is 0 Å². The van der Waals surface area contributed by atoms with Crippen molar-refractivity contribution < 1.29 is 9.69 Å². The Bertz CT molecular complexity index is 773. The van der Waals surface area contributed by atoms with Gasteiger partial charge in [0.25, 0.3) is 11.5 Å². The van der Waals surface area contributed by atoms with Crippen molar-refractivity contribution >= 4 is 29.1 Å². The summed E-state index contributed by atoms with van der Waals surface area (Å²) in [5.41, 5.74) is 0.517. The van der Waals surface area contributed by atoms with Crippen molar-refractivity contribution in [1.82, 2.24) is 15.1 Å². The van der Waals surface area contributed by atoms with Gasteiger partial charge in [-0.05, 0) is 24.3 Å². The van der Waals surface area contributed by atoms with Gasteiger partial charge < -0.3 is 10.2 Å². The van der Waals surface area contributed by atoms with E-state index in [0.29, 0.717) is 17.8 Å². The van der Waals surface area contributed by atoms with E-state index in [2.05, 4.69) is 24.5 Å². The van der Waals surface area contributed by atoms with Crippen molar-refractivity contribution in [2.45, 2.75) is 6.42 Å². The Morgan fingerprint density at radius 1 is 1.25 bits per heavy atom. The van der Waals surface area contributed by atoms with Crippen molar-refractivity contribution in [2.24, 2.45) is 0 Å². The summed E-state index contributed by atoms with van der Waals surface area (Å²) in [6.45, 7) is 1.62. The van der Waals surface area contributed by atoms with E-state index in [1.54, 1.807) is 24.3 Å². The van der Waals surface area contributed by atoms with Gasteiger partial charge in [0.1, 0.15) is 5.02 Å². The molecule has 24 heavy (non-hydrogen) atoms. The zero-order valence-corrected chi connectivity index (χ0v) is 15.0. The molecule has 1 heterocycles.